The molecule has 1 amide bonds. The molecule has 2 atom stereocenters. The summed E-state index contributed by atoms with van der Waals surface area (Å²) in [6, 6.07) is 4.85. The van der Waals surface area contributed by atoms with E-state index in [-0.39, 0.29) is 5.91 Å². The summed E-state index contributed by atoms with van der Waals surface area (Å²) < 4.78 is 5.58. The minimum absolute atomic E-state index is 0.194. The summed E-state index contributed by atoms with van der Waals surface area (Å²) in [6.07, 6.45) is 0.941. The van der Waals surface area contributed by atoms with Crippen molar-refractivity contribution in [3.63, 3.8) is 0 Å². The first-order valence-corrected chi connectivity index (χ1v) is 7.69. The van der Waals surface area contributed by atoms with E-state index in [1.54, 1.807) is 32.2 Å². The number of benzene rings is 1. The van der Waals surface area contributed by atoms with Crippen molar-refractivity contribution < 1.29 is 14.6 Å². The molecule has 1 aromatic carbocycles. The zero-order valence-corrected chi connectivity index (χ0v) is 13.6. The van der Waals surface area contributed by atoms with Crippen LogP contribution >= 0.6 is 23.2 Å². The van der Waals surface area contributed by atoms with Gasteiger partial charge in [-0.2, -0.15) is 0 Å². The van der Waals surface area contributed by atoms with Crippen molar-refractivity contribution in [2.45, 2.75) is 32.0 Å². The highest BCUT2D eigenvalue weighted by Gasteiger charge is 2.32. The van der Waals surface area contributed by atoms with Crippen LogP contribution in [0.2, 0.25) is 10.0 Å². The fourth-order valence-corrected chi connectivity index (χ4v) is 2.58. The fourth-order valence-electron chi connectivity index (χ4n) is 2.12. The van der Waals surface area contributed by atoms with Crippen molar-refractivity contribution in [3.05, 3.63) is 28.2 Å². The van der Waals surface area contributed by atoms with Crippen LogP contribution in [0, 0.1) is 5.92 Å². The summed E-state index contributed by atoms with van der Waals surface area (Å²) >= 11 is 11.8. The summed E-state index contributed by atoms with van der Waals surface area (Å²) in [5.74, 6) is 0.556. The van der Waals surface area contributed by atoms with Gasteiger partial charge in [0, 0.05) is 18.6 Å². The number of amides is 1. The number of aliphatic hydroxyl groups excluding tert-OH is 1. The molecule has 0 saturated heterocycles. The third-order valence-electron chi connectivity index (χ3n) is 3.55. The van der Waals surface area contributed by atoms with Gasteiger partial charge in [0.15, 0.2) is 6.10 Å². The Morgan fingerprint density at radius 2 is 2.14 bits per heavy atom. The lowest BCUT2D eigenvalue weighted by Crippen LogP contribution is -2.42. The Labute approximate surface area is 134 Å². The van der Waals surface area contributed by atoms with Crippen LogP contribution in [0.4, 0.5) is 0 Å². The van der Waals surface area contributed by atoms with Crippen molar-refractivity contribution >= 4 is 29.1 Å². The van der Waals surface area contributed by atoms with E-state index < -0.39 is 12.2 Å². The van der Waals surface area contributed by atoms with Gasteiger partial charge in [-0.1, -0.05) is 23.2 Å². The molecule has 2 rings (SSSR count). The number of aliphatic hydroxyl groups is 1. The Hall–Kier alpha value is -0.970. The number of likely N-dealkylation sites (N-methyl/N-ethyl adjacent to an activating group) is 1. The average molecular weight is 332 g/mol. The Kier molecular flexibility index (Phi) is 5.36. The molecule has 0 spiro atoms. The Morgan fingerprint density at radius 1 is 1.48 bits per heavy atom. The van der Waals surface area contributed by atoms with E-state index >= 15 is 0 Å². The minimum atomic E-state index is -0.680. The maximum atomic E-state index is 12.2. The molecule has 1 aliphatic carbocycles. The molecule has 2 unspecified atom stereocenters. The molecular formula is C15H19Cl2NO3. The van der Waals surface area contributed by atoms with Gasteiger partial charge in [0.2, 0.25) is 0 Å². The third-order valence-corrected chi connectivity index (χ3v) is 4.08. The molecule has 1 fully saturated rings. The lowest BCUT2D eigenvalue weighted by Gasteiger charge is -2.24. The van der Waals surface area contributed by atoms with Gasteiger partial charge < -0.3 is 14.7 Å². The number of carbonyl (C=O) groups is 1. The Morgan fingerprint density at radius 3 is 2.71 bits per heavy atom. The molecule has 6 heteroatoms. The van der Waals surface area contributed by atoms with Gasteiger partial charge in [-0.15, -0.1) is 0 Å². The van der Waals surface area contributed by atoms with Gasteiger partial charge in [-0.25, -0.2) is 0 Å². The second-order valence-electron chi connectivity index (χ2n) is 5.46. The largest absolute Gasteiger partial charge is 0.479 e. The van der Waals surface area contributed by atoms with Crippen molar-refractivity contribution in [1.29, 1.82) is 0 Å². The van der Waals surface area contributed by atoms with E-state index in [2.05, 4.69) is 0 Å². The number of carbonyl (C=O) groups excluding carboxylic acids is 1. The van der Waals surface area contributed by atoms with E-state index in [1.165, 1.54) is 4.90 Å². The zero-order valence-electron chi connectivity index (χ0n) is 12.1. The predicted molar refractivity (Wildman–Crippen MR) is 82.9 cm³/mol. The second-order valence-corrected chi connectivity index (χ2v) is 6.30. The molecule has 1 aromatic rings. The highest BCUT2D eigenvalue weighted by molar-refractivity contribution is 6.35. The number of rotatable bonds is 6. The summed E-state index contributed by atoms with van der Waals surface area (Å²) in [5.41, 5.74) is 0. The summed E-state index contributed by atoms with van der Waals surface area (Å²) in [7, 11) is 1.66. The van der Waals surface area contributed by atoms with Crippen LogP contribution in [0.25, 0.3) is 0 Å². The number of hydrogen-bond acceptors (Lipinski definition) is 3. The molecule has 0 aromatic heterocycles. The molecule has 0 radical (unpaired) electrons. The average Bonchev–Trinajstić information content (AvgIpc) is 3.25. The first-order valence-electron chi connectivity index (χ1n) is 6.93. The molecule has 4 nitrogen and oxygen atoms in total. The summed E-state index contributed by atoms with van der Waals surface area (Å²) in [6.45, 7) is 1.98. The van der Waals surface area contributed by atoms with Crippen LogP contribution in [0.15, 0.2) is 18.2 Å². The number of ether oxygens (including phenoxy) is 1. The molecule has 1 aliphatic rings. The fraction of sp³-hybridized carbons (Fsp3) is 0.533. The smallest absolute Gasteiger partial charge is 0.263 e. The van der Waals surface area contributed by atoms with E-state index in [0.29, 0.717) is 28.3 Å². The number of nitrogens with zero attached hydrogens (tertiary/aromatic N) is 1. The van der Waals surface area contributed by atoms with Gasteiger partial charge in [-0.3, -0.25) is 4.79 Å². The van der Waals surface area contributed by atoms with Crippen molar-refractivity contribution in [2.75, 3.05) is 13.6 Å². The van der Waals surface area contributed by atoms with E-state index in [4.69, 9.17) is 27.9 Å². The maximum Gasteiger partial charge on any atom is 0.263 e. The number of halogens is 2. The molecular weight excluding hydrogens is 313 g/mol. The molecule has 116 valence electrons. The van der Waals surface area contributed by atoms with Gasteiger partial charge >= 0.3 is 0 Å². The van der Waals surface area contributed by atoms with Gasteiger partial charge in [0.05, 0.1) is 11.1 Å². The summed E-state index contributed by atoms with van der Waals surface area (Å²) in [5, 5.41) is 10.8. The topological polar surface area (TPSA) is 49.8 Å². The van der Waals surface area contributed by atoms with E-state index in [9.17, 15) is 9.90 Å². The van der Waals surface area contributed by atoms with Crippen LogP contribution in [-0.4, -0.2) is 41.7 Å². The zero-order chi connectivity index (χ0) is 15.6. The van der Waals surface area contributed by atoms with Crippen molar-refractivity contribution in [1.82, 2.24) is 4.90 Å². The highest BCUT2D eigenvalue weighted by atomic mass is 35.5. The molecule has 0 bridgehead atoms. The minimum Gasteiger partial charge on any atom is -0.479 e. The molecule has 1 saturated carbocycles. The summed E-state index contributed by atoms with van der Waals surface area (Å²) in [4.78, 5) is 13.7. The van der Waals surface area contributed by atoms with Gasteiger partial charge in [0.25, 0.3) is 5.91 Å². The van der Waals surface area contributed by atoms with Crippen LogP contribution in [0.1, 0.15) is 19.8 Å². The first kappa shape index (κ1) is 16.4. The standard InChI is InChI=1S/C15H19Cl2NO3/c1-9(21-14-6-5-11(16)7-12(14)17)15(20)18(2)8-13(19)10-3-4-10/h5-7,9-10,13,19H,3-4,8H2,1-2H3. The molecule has 0 aliphatic heterocycles. The normalized spacial score (nSPS) is 17.2. The molecule has 21 heavy (non-hydrogen) atoms. The highest BCUT2D eigenvalue weighted by Crippen LogP contribution is 2.33. The molecule has 0 heterocycles. The van der Waals surface area contributed by atoms with Crippen molar-refractivity contribution in [3.8, 4) is 5.75 Å². The Bertz CT molecular complexity index is 520. The monoisotopic (exact) mass is 331 g/mol. The van der Waals surface area contributed by atoms with Crippen LogP contribution < -0.4 is 4.74 Å². The van der Waals surface area contributed by atoms with Crippen LogP contribution in [0.5, 0.6) is 5.75 Å². The van der Waals surface area contributed by atoms with Crippen molar-refractivity contribution in [2.24, 2.45) is 5.92 Å². The van der Waals surface area contributed by atoms with E-state index in [1.807, 2.05) is 0 Å². The number of hydrogen-bond donors (Lipinski definition) is 1. The Balaban J connectivity index is 1.91. The second kappa shape index (κ2) is 6.86. The lowest BCUT2D eigenvalue weighted by atomic mass is 10.2. The molecule has 1 N–H and O–H groups in total. The van der Waals surface area contributed by atoms with Gasteiger partial charge in [0.1, 0.15) is 5.75 Å². The predicted octanol–water partition coefficient (Wildman–Crippen LogP) is 2.99. The lowest BCUT2D eigenvalue weighted by molar-refractivity contribution is -0.138. The van der Waals surface area contributed by atoms with Crippen LogP contribution in [0.3, 0.4) is 0 Å². The quantitative estimate of drug-likeness (QED) is 0.871. The first-order chi connectivity index (χ1) is 9.88. The third kappa shape index (κ3) is 4.50. The maximum absolute atomic E-state index is 12.2. The van der Waals surface area contributed by atoms with E-state index in [0.717, 1.165) is 12.8 Å². The van der Waals surface area contributed by atoms with Crippen LogP contribution in [-0.2, 0) is 4.79 Å². The SMILES string of the molecule is CC(Oc1ccc(Cl)cc1Cl)C(=O)N(C)CC(O)C1CC1. The van der Waals surface area contributed by atoms with Gasteiger partial charge in [-0.05, 0) is 43.9 Å².